The van der Waals surface area contributed by atoms with Gasteiger partial charge in [0.25, 0.3) is 0 Å². The molecule has 0 aromatic carbocycles. The third kappa shape index (κ3) is 3.39. The van der Waals surface area contributed by atoms with Gasteiger partial charge in [0.05, 0.1) is 16.1 Å². The molecule has 1 aromatic heterocycles. The summed E-state index contributed by atoms with van der Waals surface area (Å²) in [6.07, 6.45) is 1.14. The van der Waals surface area contributed by atoms with Crippen LogP contribution < -0.4 is 4.90 Å². The summed E-state index contributed by atoms with van der Waals surface area (Å²) in [6, 6.07) is 1.28. The first-order valence-electron chi connectivity index (χ1n) is 6.19. The highest BCUT2D eigenvalue weighted by molar-refractivity contribution is 7.88. The van der Waals surface area contributed by atoms with Gasteiger partial charge in [-0.25, -0.2) is 8.42 Å². The van der Waals surface area contributed by atoms with Crippen LogP contribution in [0.15, 0.2) is 6.07 Å². The summed E-state index contributed by atoms with van der Waals surface area (Å²) in [7, 11) is -3.24. The summed E-state index contributed by atoms with van der Waals surface area (Å²) in [5, 5.41) is 11.5. The van der Waals surface area contributed by atoms with Gasteiger partial charge in [-0.1, -0.05) is 0 Å². The van der Waals surface area contributed by atoms with Gasteiger partial charge in [0.2, 0.25) is 10.0 Å². The zero-order valence-corrected chi connectivity index (χ0v) is 13.2. The number of hydrogen-bond donors (Lipinski definition) is 0. The fourth-order valence-corrected chi connectivity index (χ4v) is 4.02. The van der Waals surface area contributed by atoms with Crippen LogP contribution in [-0.2, 0) is 10.0 Å². The number of rotatable bonds is 4. The molecule has 0 aliphatic carbocycles. The van der Waals surface area contributed by atoms with Crippen molar-refractivity contribution >= 4 is 37.8 Å². The minimum Gasteiger partial charge on any atom is -0.355 e. The van der Waals surface area contributed by atoms with Gasteiger partial charge in [-0.05, 0) is 6.92 Å². The second-order valence-corrected chi connectivity index (χ2v) is 7.78. The molecule has 2 rings (SSSR count). The number of carbonyl (C=O) groups is 1. The zero-order chi connectivity index (χ0) is 15.8. The number of piperazine rings is 1. The van der Waals surface area contributed by atoms with E-state index in [4.69, 9.17) is 0 Å². The topological polar surface area (TPSA) is 101 Å². The molecule has 0 atom stereocenters. The maximum atomic E-state index is 11.5. The highest BCUT2D eigenvalue weighted by Gasteiger charge is 2.30. The molecule has 0 bridgehead atoms. The van der Waals surface area contributed by atoms with Crippen molar-refractivity contribution in [3.8, 4) is 0 Å². The van der Waals surface area contributed by atoms with E-state index in [1.165, 1.54) is 17.3 Å². The van der Waals surface area contributed by atoms with E-state index in [0.717, 1.165) is 17.6 Å². The van der Waals surface area contributed by atoms with Gasteiger partial charge in [-0.3, -0.25) is 14.9 Å². The predicted octanol–water partition coefficient (Wildman–Crippen LogP) is 0.941. The lowest BCUT2D eigenvalue weighted by atomic mass is 10.3. The van der Waals surface area contributed by atoms with Crippen LogP contribution in [0, 0.1) is 10.1 Å². The number of thiophene rings is 1. The van der Waals surface area contributed by atoms with Crippen LogP contribution in [-0.4, -0.2) is 55.9 Å². The van der Waals surface area contributed by atoms with E-state index in [1.807, 2.05) is 0 Å². The number of sulfonamides is 1. The van der Waals surface area contributed by atoms with E-state index in [9.17, 15) is 23.3 Å². The van der Waals surface area contributed by atoms with E-state index >= 15 is 0 Å². The Bertz CT molecular complexity index is 674. The Morgan fingerprint density at radius 3 is 2.33 bits per heavy atom. The molecule has 8 nitrogen and oxygen atoms in total. The highest BCUT2D eigenvalue weighted by Crippen LogP contribution is 2.38. The standard InChI is InChI=1S/C11H15N3O5S2/c1-8(15)10-7-9(14(16)17)11(20-10)12-3-5-13(6-4-12)21(2,18)19/h7H,3-6H2,1-2H3. The number of hydrogen-bond acceptors (Lipinski definition) is 7. The number of anilines is 1. The molecular weight excluding hydrogens is 318 g/mol. The smallest absolute Gasteiger partial charge is 0.304 e. The third-order valence-corrected chi connectivity index (χ3v) is 5.82. The quantitative estimate of drug-likeness (QED) is 0.462. The summed E-state index contributed by atoms with van der Waals surface area (Å²) in [5.74, 6) is -0.218. The molecule has 0 spiro atoms. The van der Waals surface area contributed by atoms with Gasteiger partial charge < -0.3 is 4.90 Å². The number of nitrogens with zero attached hydrogens (tertiary/aromatic N) is 3. The van der Waals surface area contributed by atoms with E-state index < -0.39 is 14.9 Å². The van der Waals surface area contributed by atoms with Crippen molar-refractivity contribution in [2.75, 3.05) is 37.3 Å². The first-order valence-corrected chi connectivity index (χ1v) is 8.86. The molecule has 10 heteroatoms. The normalized spacial score (nSPS) is 17.0. The van der Waals surface area contributed by atoms with Crippen LogP contribution in [0.3, 0.4) is 0 Å². The number of nitro groups is 1. The Balaban J connectivity index is 2.24. The second-order valence-electron chi connectivity index (χ2n) is 4.76. The molecule has 0 amide bonds. The summed E-state index contributed by atoms with van der Waals surface area (Å²) in [6.45, 7) is 2.66. The summed E-state index contributed by atoms with van der Waals surface area (Å²) in [4.78, 5) is 24.1. The van der Waals surface area contributed by atoms with Crippen molar-refractivity contribution in [3.05, 3.63) is 21.1 Å². The molecular formula is C11H15N3O5S2. The van der Waals surface area contributed by atoms with E-state index in [1.54, 1.807) is 4.90 Å². The molecule has 21 heavy (non-hydrogen) atoms. The Kier molecular flexibility index (Phi) is 4.30. The molecule has 2 heterocycles. The van der Waals surface area contributed by atoms with E-state index in [-0.39, 0.29) is 24.6 Å². The van der Waals surface area contributed by atoms with E-state index in [0.29, 0.717) is 23.0 Å². The molecule has 1 fully saturated rings. The molecule has 0 saturated carbocycles. The Hall–Kier alpha value is -1.52. The molecule has 1 aliphatic rings. The van der Waals surface area contributed by atoms with Gasteiger partial charge in [0.15, 0.2) is 10.8 Å². The molecule has 0 N–H and O–H groups in total. The predicted molar refractivity (Wildman–Crippen MR) is 79.6 cm³/mol. The van der Waals surface area contributed by atoms with Gasteiger partial charge >= 0.3 is 5.69 Å². The summed E-state index contributed by atoms with van der Waals surface area (Å²) in [5.41, 5.74) is -0.0991. The highest BCUT2D eigenvalue weighted by atomic mass is 32.2. The first-order chi connectivity index (χ1) is 9.70. The average molecular weight is 333 g/mol. The molecule has 1 saturated heterocycles. The van der Waals surface area contributed by atoms with Crippen molar-refractivity contribution in [2.45, 2.75) is 6.92 Å². The lowest BCUT2D eigenvalue weighted by molar-refractivity contribution is -0.383. The Labute approximate surface area is 126 Å². The summed E-state index contributed by atoms with van der Waals surface area (Å²) >= 11 is 1.08. The first kappa shape index (κ1) is 15.9. The second kappa shape index (κ2) is 5.70. The molecule has 1 aliphatic heterocycles. The molecule has 116 valence electrons. The zero-order valence-electron chi connectivity index (χ0n) is 11.6. The van der Waals surface area contributed by atoms with Gasteiger partial charge in [0, 0.05) is 32.2 Å². The number of carbonyl (C=O) groups excluding carboxylic acids is 1. The van der Waals surface area contributed by atoms with Crippen molar-refractivity contribution < 1.29 is 18.1 Å². The van der Waals surface area contributed by atoms with Crippen LogP contribution >= 0.6 is 11.3 Å². The van der Waals surface area contributed by atoms with Crippen molar-refractivity contribution in [3.63, 3.8) is 0 Å². The fraction of sp³-hybridized carbons (Fsp3) is 0.545. The van der Waals surface area contributed by atoms with Gasteiger partial charge in [-0.2, -0.15) is 4.31 Å². The lowest BCUT2D eigenvalue weighted by Crippen LogP contribution is -2.48. The maximum absolute atomic E-state index is 11.5. The summed E-state index contributed by atoms with van der Waals surface area (Å²) < 4.78 is 24.3. The van der Waals surface area contributed by atoms with Crippen LogP contribution in [0.1, 0.15) is 16.6 Å². The molecule has 0 radical (unpaired) electrons. The van der Waals surface area contributed by atoms with Crippen molar-refractivity contribution in [2.24, 2.45) is 0 Å². The largest absolute Gasteiger partial charge is 0.355 e. The average Bonchev–Trinajstić information content (AvgIpc) is 2.83. The van der Waals surface area contributed by atoms with Crippen LogP contribution in [0.2, 0.25) is 0 Å². The fourth-order valence-electron chi connectivity index (χ4n) is 2.13. The van der Waals surface area contributed by atoms with Crippen LogP contribution in [0.4, 0.5) is 10.7 Å². The SMILES string of the molecule is CC(=O)c1cc([N+](=O)[O-])c(N2CCN(S(C)(=O)=O)CC2)s1. The lowest BCUT2D eigenvalue weighted by Gasteiger charge is -2.33. The minimum atomic E-state index is -3.24. The monoisotopic (exact) mass is 333 g/mol. The van der Waals surface area contributed by atoms with Crippen molar-refractivity contribution in [1.82, 2.24) is 4.31 Å². The van der Waals surface area contributed by atoms with Gasteiger partial charge in [0.1, 0.15) is 0 Å². The van der Waals surface area contributed by atoms with Gasteiger partial charge in [-0.15, -0.1) is 11.3 Å². The Morgan fingerprint density at radius 1 is 1.33 bits per heavy atom. The van der Waals surface area contributed by atoms with E-state index in [2.05, 4.69) is 0 Å². The third-order valence-electron chi connectivity index (χ3n) is 3.23. The Morgan fingerprint density at radius 2 is 1.90 bits per heavy atom. The van der Waals surface area contributed by atoms with Crippen LogP contribution in [0.25, 0.3) is 0 Å². The maximum Gasteiger partial charge on any atom is 0.304 e. The molecule has 0 unspecified atom stereocenters. The molecule has 1 aromatic rings. The number of Topliss-reactive ketones (excluding diaryl/α,β-unsaturated/α-hetero) is 1. The van der Waals surface area contributed by atoms with Crippen molar-refractivity contribution in [1.29, 1.82) is 0 Å². The minimum absolute atomic E-state index is 0.0991. The number of ketones is 1. The van der Waals surface area contributed by atoms with Crippen LogP contribution in [0.5, 0.6) is 0 Å².